The van der Waals surface area contributed by atoms with Gasteiger partial charge in [0.05, 0.1) is 0 Å². The first kappa shape index (κ1) is 6.28. The smallest absolute Gasteiger partial charge is 0.186 e. The summed E-state index contributed by atoms with van der Waals surface area (Å²) in [5.74, 6) is 1.01. The van der Waals surface area contributed by atoms with Crippen LogP contribution in [0.3, 0.4) is 0 Å². The van der Waals surface area contributed by atoms with E-state index in [0.29, 0.717) is 0 Å². The van der Waals surface area contributed by atoms with Crippen molar-refractivity contribution in [2.24, 2.45) is 0 Å². The molecule has 0 aliphatic carbocycles. The second kappa shape index (κ2) is 2.63. The maximum Gasteiger partial charge on any atom is 0.186 e. The molecule has 1 aromatic rings. The van der Waals surface area contributed by atoms with Crippen molar-refractivity contribution in [2.75, 3.05) is 0 Å². The fourth-order valence-electron chi connectivity index (χ4n) is 0.446. The van der Waals surface area contributed by atoms with Crippen molar-refractivity contribution in [1.29, 1.82) is 0 Å². The molecule has 0 bridgehead atoms. The average molecular weight is 145 g/mol. The van der Waals surface area contributed by atoms with E-state index in [1.807, 2.05) is 0 Å². The topological polar surface area (TPSA) is 52.0 Å². The summed E-state index contributed by atoms with van der Waals surface area (Å²) < 4.78 is 21.2. The van der Waals surface area contributed by atoms with Gasteiger partial charge in [0.15, 0.2) is 16.6 Å². The Labute approximate surface area is 54.1 Å². The van der Waals surface area contributed by atoms with Gasteiger partial charge in [0.25, 0.3) is 0 Å². The second-order valence-electron chi connectivity index (χ2n) is 1.39. The molecule has 0 unspecified atom stereocenters. The van der Waals surface area contributed by atoms with Crippen LogP contribution in [0.4, 0.5) is 0 Å². The van der Waals surface area contributed by atoms with Crippen molar-refractivity contribution in [2.45, 2.75) is 0 Å². The third-order valence-corrected chi connectivity index (χ3v) is 1.16. The van der Waals surface area contributed by atoms with Crippen LogP contribution in [0.25, 0.3) is 0 Å². The standard InChI is InChI=1S/C4H5N2O2S/c7-9(8)4-6-3-1-2-5-6/h1-4,9H. The van der Waals surface area contributed by atoms with Crippen molar-refractivity contribution in [3.63, 3.8) is 0 Å². The Morgan fingerprint density at radius 3 is 2.78 bits per heavy atom. The van der Waals surface area contributed by atoms with Crippen LogP contribution in [-0.4, -0.2) is 18.2 Å². The molecule has 0 saturated carbocycles. The van der Waals surface area contributed by atoms with Gasteiger partial charge in [0, 0.05) is 12.4 Å². The van der Waals surface area contributed by atoms with E-state index in [1.165, 1.54) is 10.9 Å². The Kier molecular flexibility index (Phi) is 1.84. The molecule has 4 nitrogen and oxygen atoms in total. The van der Waals surface area contributed by atoms with Gasteiger partial charge in [-0.05, 0) is 6.07 Å². The molecule has 0 aromatic carbocycles. The lowest BCUT2D eigenvalue weighted by Gasteiger charge is -1.86. The zero-order valence-electron chi connectivity index (χ0n) is 4.47. The quantitative estimate of drug-likeness (QED) is 0.569. The molecule has 0 aliphatic heterocycles. The SMILES string of the molecule is O=[SH](=O)[CH]n1cccn1. The highest BCUT2D eigenvalue weighted by molar-refractivity contribution is 7.74. The van der Waals surface area contributed by atoms with Gasteiger partial charge in [0.1, 0.15) is 0 Å². The summed E-state index contributed by atoms with van der Waals surface area (Å²) in [5.41, 5.74) is 0. The van der Waals surface area contributed by atoms with Crippen LogP contribution in [0.15, 0.2) is 18.5 Å². The highest BCUT2D eigenvalue weighted by atomic mass is 32.2. The molecule has 0 saturated heterocycles. The summed E-state index contributed by atoms with van der Waals surface area (Å²) in [6, 6.07) is 1.65. The molecule has 1 radical (unpaired) electrons. The number of hydrogen-bond acceptors (Lipinski definition) is 3. The molecule has 0 aliphatic rings. The lowest BCUT2D eigenvalue weighted by atomic mass is 10.8. The molecule has 9 heavy (non-hydrogen) atoms. The zero-order chi connectivity index (χ0) is 6.69. The van der Waals surface area contributed by atoms with E-state index in [4.69, 9.17) is 0 Å². The predicted octanol–water partition coefficient (Wildman–Crippen LogP) is -0.538. The minimum absolute atomic E-state index is 1.01. The highest BCUT2D eigenvalue weighted by Crippen LogP contribution is 1.84. The molecule has 0 N–H and O–H groups in total. The minimum atomic E-state index is -2.48. The summed E-state index contributed by atoms with van der Waals surface area (Å²) in [6.45, 7) is 0. The highest BCUT2D eigenvalue weighted by Gasteiger charge is 1.89. The van der Waals surface area contributed by atoms with Crippen LogP contribution in [0.2, 0.25) is 0 Å². The lowest BCUT2D eigenvalue weighted by molar-refractivity contribution is 0.614. The van der Waals surface area contributed by atoms with Crippen molar-refractivity contribution in [1.82, 2.24) is 9.78 Å². The Hall–Kier alpha value is -0.840. The van der Waals surface area contributed by atoms with Gasteiger partial charge >= 0.3 is 0 Å². The molecular formula is C4H5N2O2S. The third kappa shape index (κ3) is 1.85. The predicted molar refractivity (Wildman–Crippen MR) is 32.2 cm³/mol. The van der Waals surface area contributed by atoms with Gasteiger partial charge in [-0.15, -0.1) is 0 Å². The fraction of sp³-hybridized carbons (Fsp3) is 0. The van der Waals surface area contributed by atoms with Crippen molar-refractivity contribution in [3.05, 3.63) is 24.3 Å². The lowest BCUT2D eigenvalue weighted by Crippen LogP contribution is -1.95. The monoisotopic (exact) mass is 145 g/mol. The van der Waals surface area contributed by atoms with Crippen molar-refractivity contribution in [3.8, 4) is 0 Å². The van der Waals surface area contributed by atoms with Crippen LogP contribution in [0, 0.1) is 5.88 Å². The first-order valence-electron chi connectivity index (χ1n) is 2.26. The molecule has 1 rings (SSSR count). The second-order valence-corrected chi connectivity index (χ2v) is 2.19. The Balaban J connectivity index is 2.68. The molecule has 0 amide bonds. The summed E-state index contributed by atoms with van der Waals surface area (Å²) in [5, 5.41) is 3.63. The van der Waals surface area contributed by atoms with Gasteiger partial charge < -0.3 is 0 Å². The van der Waals surface area contributed by atoms with Gasteiger partial charge in [-0.2, -0.15) is 5.10 Å². The van der Waals surface area contributed by atoms with Gasteiger partial charge in [0.2, 0.25) is 0 Å². The molecule has 5 heteroatoms. The molecule has 0 fully saturated rings. The van der Waals surface area contributed by atoms with Crippen molar-refractivity contribution >= 4 is 10.7 Å². The molecule has 0 atom stereocenters. The van der Waals surface area contributed by atoms with Crippen LogP contribution in [-0.2, 0) is 10.7 Å². The number of rotatable bonds is 2. The average Bonchev–Trinajstić information content (AvgIpc) is 2.15. The van der Waals surface area contributed by atoms with E-state index in [-0.39, 0.29) is 0 Å². The number of thiol groups is 1. The fourth-order valence-corrected chi connectivity index (χ4v) is 0.775. The van der Waals surface area contributed by atoms with E-state index in [9.17, 15) is 8.42 Å². The van der Waals surface area contributed by atoms with E-state index in [1.54, 1.807) is 12.3 Å². The van der Waals surface area contributed by atoms with Crippen LogP contribution in [0.1, 0.15) is 0 Å². The van der Waals surface area contributed by atoms with E-state index < -0.39 is 10.7 Å². The van der Waals surface area contributed by atoms with Crippen molar-refractivity contribution < 1.29 is 8.42 Å². The van der Waals surface area contributed by atoms with Gasteiger partial charge in [-0.1, -0.05) is 0 Å². The van der Waals surface area contributed by atoms with Crippen LogP contribution < -0.4 is 0 Å². The van der Waals surface area contributed by atoms with Gasteiger partial charge in [-0.3, -0.25) is 4.68 Å². The maximum atomic E-state index is 9.99. The molecule has 1 aromatic heterocycles. The Morgan fingerprint density at radius 1 is 1.56 bits per heavy atom. The summed E-state index contributed by atoms with van der Waals surface area (Å²) in [7, 11) is -2.48. The summed E-state index contributed by atoms with van der Waals surface area (Å²) in [4.78, 5) is 0. The van der Waals surface area contributed by atoms with Gasteiger partial charge in [-0.25, -0.2) is 8.42 Å². The zero-order valence-corrected chi connectivity index (χ0v) is 5.36. The largest absolute Gasteiger partial charge is 0.251 e. The summed E-state index contributed by atoms with van der Waals surface area (Å²) >= 11 is 0. The minimum Gasteiger partial charge on any atom is -0.251 e. The Bertz CT molecular complexity index is 231. The first-order chi connectivity index (χ1) is 4.29. The first-order valence-corrected chi connectivity index (χ1v) is 3.51. The van der Waals surface area contributed by atoms with E-state index >= 15 is 0 Å². The Morgan fingerprint density at radius 2 is 2.33 bits per heavy atom. The summed E-state index contributed by atoms with van der Waals surface area (Å²) in [6.07, 6.45) is 3.06. The normalized spacial score (nSPS) is 10.3. The number of nitrogens with zero attached hydrogens (tertiary/aromatic N) is 2. The molecular weight excluding hydrogens is 140 g/mol. The number of hydrogen-bond donors (Lipinski definition) is 1. The van der Waals surface area contributed by atoms with Crippen LogP contribution in [0.5, 0.6) is 0 Å². The molecule has 0 spiro atoms. The van der Waals surface area contributed by atoms with E-state index in [0.717, 1.165) is 5.88 Å². The number of aromatic nitrogens is 2. The molecule has 49 valence electrons. The van der Waals surface area contributed by atoms with E-state index in [2.05, 4.69) is 5.10 Å². The maximum absolute atomic E-state index is 9.99. The van der Waals surface area contributed by atoms with Crippen LogP contribution >= 0.6 is 0 Å². The molecule has 1 heterocycles. The third-order valence-electron chi connectivity index (χ3n) is 0.737.